The molecule has 13 heavy (non-hydrogen) atoms. The van der Waals surface area contributed by atoms with E-state index in [1.54, 1.807) is 12.1 Å². The van der Waals surface area contributed by atoms with Crippen LogP contribution in [0.2, 0.25) is 0 Å². The predicted octanol–water partition coefficient (Wildman–Crippen LogP) is 1.08. The van der Waals surface area contributed by atoms with Gasteiger partial charge in [0.15, 0.2) is 0 Å². The zero-order valence-electron chi connectivity index (χ0n) is 6.65. The number of nitrogen functional groups attached to an aromatic ring is 1. The van der Waals surface area contributed by atoms with Crippen molar-refractivity contribution in [2.45, 2.75) is 0 Å². The summed E-state index contributed by atoms with van der Waals surface area (Å²) in [6.07, 6.45) is 0. The predicted molar refractivity (Wildman–Crippen MR) is 52.6 cm³/mol. The Bertz CT molecular complexity index is 457. The fraction of sp³-hybridized carbons (Fsp3) is 0. The van der Waals surface area contributed by atoms with Gasteiger partial charge >= 0.3 is 4.87 Å². The van der Waals surface area contributed by atoms with Gasteiger partial charge in [0, 0.05) is 11.3 Å². The molecule has 0 aliphatic carbocycles. The molecule has 0 amide bonds. The lowest BCUT2D eigenvalue weighted by Gasteiger charge is -1.94. The topological polar surface area (TPSA) is 71.8 Å². The van der Waals surface area contributed by atoms with Crippen LogP contribution in [-0.4, -0.2) is 10.2 Å². The molecule has 5 heteroatoms. The maximum atomic E-state index is 10.8. The van der Waals surface area contributed by atoms with Crippen LogP contribution in [0.4, 0.5) is 5.69 Å². The Morgan fingerprint density at radius 2 is 2.00 bits per heavy atom. The lowest BCUT2D eigenvalue weighted by Crippen LogP contribution is -1.90. The van der Waals surface area contributed by atoms with Crippen LogP contribution in [-0.2, 0) is 0 Å². The zero-order chi connectivity index (χ0) is 9.26. The summed E-state index contributed by atoms with van der Waals surface area (Å²) in [4.78, 5) is 10.7. The van der Waals surface area contributed by atoms with Crippen molar-refractivity contribution in [1.82, 2.24) is 10.2 Å². The molecular weight excluding hydrogens is 186 g/mol. The van der Waals surface area contributed by atoms with E-state index in [9.17, 15) is 4.79 Å². The fourth-order valence-corrected chi connectivity index (χ4v) is 1.59. The second kappa shape index (κ2) is 3.02. The summed E-state index contributed by atoms with van der Waals surface area (Å²) in [5.74, 6) is 0. The van der Waals surface area contributed by atoms with Gasteiger partial charge in [0.05, 0.1) is 0 Å². The first-order chi connectivity index (χ1) is 6.25. The number of aromatic nitrogens is 2. The molecule has 2 rings (SSSR count). The molecule has 1 aromatic heterocycles. The standard InChI is InChI=1S/C8H7N3OS/c9-6-3-1-5(2-4-6)7-10-11-8(12)13-7/h1-4H,9H2,(H,11,12). The van der Waals surface area contributed by atoms with Crippen molar-refractivity contribution in [1.29, 1.82) is 0 Å². The van der Waals surface area contributed by atoms with Crippen LogP contribution < -0.4 is 10.6 Å². The third kappa shape index (κ3) is 1.59. The van der Waals surface area contributed by atoms with Crippen molar-refractivity contribution in [2.24, 2.45) is 0 Å². The Morgan fingerprint density at radius 1 is 1.31 bits per heavy atom. The molecule has 2 aromatic rings. The summed E-state index contributed by atoms with van der Waals surface area (Å²) in [5.41, 5.74) is 7.12. The van der Waals surface area contributed by atoms with Gasteiger partial charge in [-0.05, 0) is 24.3 Å². The average molecular weight is 193 g/mol. The van der Waals surface area contributed by atoms with E-state index in [1.807, 2.05) is 12.1 Å². The molecule has 0 saturated heterocycles. The van der Waals surface area contributed by atoms with Crippen molar-refractivity contribution in [2.75, 3.05) is 5.73 Å². The first-order valence-corrected chi connectivity index (χ1v) is 4.49. The number of hydrogen-bond donors (Lipinski definition) is 2. The summed E-state index contributed by atoms with van der Waals surface area (Å²) < 4.78 is 0. The number of nitrogens with one attached hydrogen (secondary N) is 1. The minimum Gasteiger partial charge on any atom is -0.399 e. The number of benzene rings is 1. The minimum absolute atomic E-state index is 0.146. The molecule has 0 bridgehead atoms. The van der Waals surface area contributed by atoms with E-state index in [0.717, 1.165) is 16.9 Å². The van der Waals surface area contributed by atoms with E-state index >= 15 is 0 Å². The maximum Gasteiger partial charge on any atom is 0.322 e. The van der Waals surface area contributed by atoms with Crippen molar-refractivity contribution in [3.05, 3.63) is 33.9 Å². The monoisotopic (exact) mass is 193 g/mol. The van der Waals surface area contributed by atoms with Crippen LogP contribution in [0, 0.1) is 0 Å². The van der Waals surface area contributed by atoms with Crippen LogP contribution in [0.3, 0.4) is 0 Å². The molecule has 1 heterocycles. The molecule has 0 saturated carbocycles. The maximum absolute atomic E-state index is 10.8. The number of H-pyrrole nitrogens is 1. The van der Waals surface area contributed by atoms with Crippen LogP contribution in [0.5, 0.6) is 0 Å². The molecule has 0 atom stereocenters. The first-order valence-electron chi connectivity index (χ1n) is 3.67. The Balaban J connectivity index is 2.47. The van der Waals surface area contributed by atoms with Crippen molar-refractivity contribution in [3.8, 4) is 10.6 Å². The smallest absolute Gasteiger partial charge is 0.322 e. The number of aromatic amines is 1. The van der Waals surface area contributed by atoms with Gasteiger partial charge in [0.1, 0.15) is 5.01 Å². The fourth-order valence-electron chi connectivity index (χ4n) is 0.979. The van der Waals surface area contributed by atoms with Gasteiger partial charge in [-0.1, -0.05) is 11.3 Å². The molecule has 4 nitrogen and oxygen atoms in total. The number of nitrogens with two attached hydrogens (primary N) is 1. The van der Waals surface area contributed by atoms with E-state index in [4.69, 9.17) is 5.73 Å². The largest absolute Gasteiger partial charge is 0.399 e. The van der Waals surface area contributed by atoms with E-state index in [1.165, 1.54) is 0 Å². The van der Waals surface area contributed by atoms with E-state index in [2.05, 4.69) is 10.2 Å². The second-order valence-corrected chi connectivity index (χ2v) is 3.50. The van der Waals surface area contributed by atoms with E-state index in [-0.39, 0.29) is 4.87 Å². The van der Waals surface area contributed by atoms with Gasteiger partial charge in [0.25, 0.3) is 0 Å². The van der Waals surface area contributed by atoms with Gasteiger partial charge in [-0.25, -0.2) is 5.10 Å². The SMILES string of the molecule is Nc1ccc(-c2n[nH]c(=O)s2)cc1. The third-order valence-electron chi connectivity index (χ3n) is 1.60. The lowest BCUT2D eigenvalue weighted by molar-refractivity contribution is 1.06. The van der Waals surface area contributed by atoms with Gasteiger partial charge in [0.2, 0.25) is 0 Å². The van der Waals surface area contributed by atoms with Crippen LogP contribution >= 0.6 is 11.3 Å². The highest BCUT2D eigenvalue weighted by atomic mass is 32.1. The highest BCUT2D eigenvalue weighted by molar-refractivity contribution is 7.12. The Labute approximate surface area is 78.0 Å². The summed E-state index contributed by atoms with van der Waals surface area (Å²) in [5, 5.41) is 6.90. The molecule has 3 N–H and O–H groups in total. The van der Waals surface area contributed by atoms with Gasteiger partial charge in [-0.2, -0.15) is 5.10 Å². The molecule has 0 aliphatic heterocycles. The Kier molecular flexibility index (Phi) is 1.86. The molecule has 0 radical (unpaired) electrons. The van der Waals surface area contributed by atoms with E-state index < -0.39 is 0 Å². The van der Waals surface area contributed by atoms with Gasteiger partial charge in [-0.15, -0.1) is 0 Å². The van der Waals surface area contributed by atoms with Crippen molar-refractivity contribution < 1.29 is 0 Å². The number of rotatable bonds is 1. The molecule has 66 valence electrons. The summed E-state index contributed by atoms with van der Waals surface area (Å²) in [6.45, 7) is 0. The molecule has 1 aromatic carbocycles. The Morgan fingerprint density at radius 3 is 2.54 bits per heavy atom. The van der Waals surface area contributed by atoms with Gasteiger partial charge in [-0.3, -0.25) is 4.79 Å². The van der Waals surface area contributed by atoms with E-state index in [0.29, 0.717) is 10.7 Å². The normalized spacial score (nSPS) is 10.2. The average Bonchev–Trinajstić information content (AvgIpc) is 2.53. The molecule has 0 unspecified atom stereocenters. The van der Waals surface area contributed by atoms with Crippen molar-refractivity contribution >= 4 is 17.0 Å². The Hall–Kier alpha value is -1.62. The molecular formula is C8H7N3OS. The van der Waals surface area contributed by atoms with Crippen LogP contribution in [0.1, 0.15) is 0 Å². The summed E-state index contributed by atoms with van der Waals surface area (Å²) in [6, 6.07) is 7.23. The minimum atomic E-state index is -0.146. The quantitative estimate of drug-likeness (QED) is 0.666. The lowest BCUT2D eigenvalue weighted by atomic mass is 10.2. The molecule has 0 fully saturated rings. The highest BCUT2D eigenvalue weighted by Gasteiger charge is 2.01. The second-order valence-electron chi connectivity index (χ2n) is 2.54. The number of nitrogens with zero attached hydrogens (tertiary/aromatic N) is 1. The number of anilines is 1. The number of hydrogen-bond acceptors (Lipinski definition) is 4. The van der Waals surface area contributed by atoms with Crippen LogP contribution in [0.15, 0.2) is 29.1 Å². The van der Waals surface area contributed by atoms with Crippen LogP contribution in [0.25, 0.3) is 10.6 Å². The zero-order valence-corrected chi connectivity index (χ0v) is 7.47. The molecule has 0 aliphatic rings. The third-order valence-corrected chi connectivity index (χ3v) is 2.39. The molecule has 0 spiro atoms. The summed E-state index contributed by atoms with van der Waals surface area (Å²) in [7, 11) is 0. The highest BCUT2D eigenvalue weighted by Crippen LogP contribution is 2.19. The van der Waals surface area contributed by atoms with Gasteiger partial charge < -0.3 is 5.73 Å². The van der Waals surface area contributed by atoms with Crippen molar-refractivity contribution in [3.63, 3.8) is 0 Å². The summed E-state index contributed by atoms with van der Waals surface area (Å²) >= 11 is 1.08. The first kappa shape index (κ1) is 8.00.